The van der Waals surface area contributed by atoms with Gasteiger partial charge in [-0.25, -0.2) is 4.98 Å². The second-order valence-corrected chi connectivity index (χ2v) is 4.36. The van der Waals surface area contributed by atoms with Crippen molar-refractivity contribution >= 4 is 0 Å². The zero-order valence-electron chi connectivity index (χ0n) is 9.69. The highest BCUT2D eigenvalue weighted by Gasteiger charge is 2.36. The van der Waals surface area contributed by atoms with Gasteiger partial charge in [0.25, 0.3) is 0 Å². The number of hydrogen-bond donors (Lipinski definition) is 2. The van der Waals surface area contributed by atoms with Gasteiger partial charge in [-0.15, -0.1) is 0 Å². The van der Waals surface area contributed by atoms with Gasteiger partial charge in [-0.3, -0.25) is 0 Å². The molecule has 1 atom stereocenters. The van der Waals surface area contributed by atoms with E-state index in [1.54, 1.807) is 6.92 Å². The van der Waals surface area contributed by atoms with Gasteiger partial charge in [-0.2, -0.15) is 13.2 Å². The zero-order chi connectivity index (χ0) is 12.5. The number of aromatic amines is 1. The molecule has 2 heterocycles. The molecule has 0 bridgehead atoms. The van der Waals surface area contributed by atoms with E-state index in [2.05, 4.69) is 15.3 Å². The van der Waals surface area contributed by atoms with Crippen LogP contribution in [0.15, 0.2) is 0 Å². The van der Waals surface area contributed by atoms with Crippen LogP contribution in [0.25, 0.3) is 0 Å². The first-order chi connectivity index (χ1) is 8.00. The van der Waals surface area contributed by atoms with E-state index in [-0.39, 0.29) is 11.7 Å². The first-order valence-corrected chi connectivity index (χ1v) is 5.89. The van der Waals surface area contributed by atoms with Gasteiger partial charge >= 0.3 is 6.18 Å². The molecule has 0 radical (unpaired) electrons. The van der Waals surface area contributed by atoms with E-state index in [1.165, 1.54) is 0 Å². The van der Waals surface area contributed by atoms with Gasteiger partial charge in [-0.05, 0) is 25.8 Å². The van der Waals surface area contributed by atoms with Crippen LogP contribution in [0.1, 0.15) is 37.0 Å². The van der Waals surface area contributed by atoms with E-state index < -0.39 is 11.9 Å². The van der Waals surface area contributed by atoms with E-state index in [0.29, 0.717) is 18.7 Å². The molecule has 1 fully saturated rings. The average Bonchev–Trinajstić information content (AvgIpc) is 2.86. The SMILES string of the molecule is CCc1[nH]c(CC2CCCN2)nc1C(F)(F)F. The Hall–Kier alpha value is -1.04. The number of aryl methyl sites for hydroxylation is 1. The molecule has 6 heteroatoms. The summed E-state index contributed by atoms with van der Waals surface area (Å²) in [4.78, 5) is 6.49. The summed E-state index contributed by atoms with van der Waals surface area (Å²) in [5.41, 5.74) is -0.571. The number of alkyl halides is 3. The molecular weight excluding hydrogens is 231 g/mol. The average molecular weight is 247 g/mol. The highest BCUT2D eigenvalue weighted by Crippen LogP contribution is 2.31. The molecule has 3 nitrogen and oxygen atoms in total. The Morgan fingerprint density at radius 3 is 2.65 bits per heavy atom. The molecule has 96 valence electrons. The Balaban J connectivity index is 2.15. The molecule has 17 heavy (non-hydrogen) atoms. The number of nitrogens with one attached hydrogen (secondary N) is 2. The van der Waals surface area contributed by atoms with Crippen molar-refractivity contribution in [1.82, 2.24) is 15.3 Å². The maximum Gasteiger partial charge on any atom is 0.435 e. The number of H-pyrrole nitrogens is 1. The van der Waals surface area contributed by atoms with E-state index in [1.807, 2.05) is 0 Å². The standard InChI is InChI=1S/C11H16F3N3/c1-2-8-10(11(12,13)14)17-9(16-8)6-7-4-3-5-15-7/h7,15H,2-6H2,1H3,(H,16,17). The van der Waals surface area contributed by atoms with Gasteiger partial charge in [-0.1, -0.05) is 6.92 Å². The number of nitrogens with zero attached hydrogens (tertiary/aromatic N) is 1. The number of aromatic nitrogens is 2. The van der Waals surface area contributed by atoms with Crippen molar-refractivity contribution in [3.63, 3.8) is 0 Å². The van der Waals surface area contributed by atoms with Crippen LogP contribution < -0.4 is 5.32 Å². The molecule has 1 saturated heterocycles. The van der Waals surface area contributed by atoms with Crippen molar-refractivity contribution < 1.29 is 13.2 Å². The van der Waals surface area contributed by atoms with Crippen LogP contribution in [0.3, 0.4) is 0 Å². The van der Waals surface area contributed by atoms with E-state index in [9.17, 15) is 13.2 Å². The molecule has 0 aliphatic carbocycles. The van der Waals surface area contributed by atoms with Crippen LogP contribution in [-0.4, -0.2) is 22.6 Å². The van der Waals surface area contributed by atoms with Crippen LogP contribution in [0.5, 0.6) is 0 Å². The maximum atomic E-state index is 12.7. The molecule has 1 unspecified atom stereocenters. The summed E-state index contributed by atoms with van der Waals surface area (Å²) in [6.07, 6.45) is -1.41. The van der Waals surface area contributed by atoms with Crippen molar-refractivity contribution in [2.75, 3.05) is 6.54 Å². The van der Waals surface area contributed by atoms with Crippen molar-refractivity contribution in [2.45, 2.75) is 44.8 Å². The second kappa shape index (κ2) is 4.68. The lowest BCUT2D eigenvalue weighted by Gasteiger charge is -2.06. The molecule has 1 aliphatic heterocycles. The molecule has 2 N–H and O–H groups in total. The monoisotopic (exact) mass is 247 g/mol. The minimum absolute atomic E-state index is 0.186. The Labute approximate surface area is 97.8 Å². The Kier molecular flexibility index (Phi) is 3.42. The van der Waals surface area contributed by atoms with E-state index in [0.717, 1.165) is 19.4 Å². The molecule has 0 amide bonds. The lowest BCUT2D eigenvalue weighted by atomic mass is 10.1. The summed E-state index contributed by atoms with van der Waals surface area (Å²) in [6.45, 7) is 2.64. The zero-order valence-corrected chi connectivity index (χ0v) is 9.69. The number of halogens is 3. The summed E-state index contributed by atoms with van der Waals surface area (Å²) in [5, 5.41) is 3.25. The summed E-state index contributed by atoms with van der Waals surface area (Å²) in [6, 6.07) is 0.256. The first-order valence-electron chi connectivity index (χ1n) is 5.89. The van der Waals surface area contributed by atoms with Crippen LogP contribution in [0.2, 0.25) is 0 Å². The third kappa shape index (κ3) is 2.80. The van der Waals surface area contributed by atoms with Gasteiger partial charge in [0.2, 0.25) is 0 Å². The minimum Gasteiger partial charge on any atom is -0.345 e. The predicted octanol–water partition coefficient (Wildman–Crippen LogP) is 2.29. The van der Waals surface area contributed by atoms with Gasteiger partial charge in [0.15, 0.2) is 5.69 Å². The van der Waals surface area contributed by atoms with Crippen molar-refractivity contribution in [3.8, 4) is 0 Å². The van der Waals surface area contributed by atoms with Crippen molar-refractivity contribution in [1.29, 1.82) is 0 Å². The van der Waals surface area contributed by atoms with Crippen LogP contribution in [0, 0.1) is 0 Å². The second-order valence-electron chi connectivity index (χ2n) is 4.36. The van der Waals surface area contributed by atoms with Crippen LogP contribution in [-0.2, 0) is 19.0 Å². The number of imidazole rings is 1. The largest absolute Gasteiger partial charge is 0.435 e. The summed E-state index contributed by atoms with van der Waals surface area (Å²) < 4.78 is 38.0. The molecule has 2 rings (SSSR count). The van der Waals surface area contributed by atoms with Crippen molar-refractivity contribution in [2.24, 2.45) is 0 Å². The lowest BCUT2D eigenvalue weighted by molar-refractivity contribution is -0.141. The third-order valence-electron chi connectivity index (χ3n) is 3.05. The normalized spacial score (nSPS) is 21.1. The van der Waals surface area contributed by atoms with E-state index >= 15 is 0 Å². The fourth-order valence-electron chi connectivity index (χ4n) is 2.22. The molecular formula is C11H16F3N3. The van der Waals surface area contributed by atoms with Gasteiger partial charge in [0, 0.05) is 18.2 Å². The maximum absolute atomic E-state index is 12.7. The molecule has 0 saturated carbocycles. The Bertz CT molecular complexity index is 378. The summed E-state index contributed by atoms with van der Waals surface area (Å²) >= 11 is 0. The van der Waals surface area contributed by atoms with Crippen LogP contribution >= 0.6 is 0 Å². The van der Waals surface area contributed by atoms with Crippen LogP contribution in [0.4, 0.5) is 13.2 Å². The topological polar surface area (TPSA) is 40.7 Å². The Morgan fingerprint density at radius 1 is 1.41 bits per heavy atom. The fraction of sp³-hybridized carbons (Fsp3) is 0.727. The first kappa shape index (κ1) is 12.4. The van der Waals surface area contributed by atoms with E-state index in [4.69, 9.17) is 0 Å². The quantitative estimate of drug-likeness (QED) is 0.860. The molecule has 1 aliphatic rings. The molecule has 0 aromatic carbocycles. The number of rotatable bonds is 3. The molecule has 0 spiro atoms. The fourth-order valence-corrected chi connectivity index (χ4v) is 2.22. The van der Waals surface area contributed by atoms with Gasteiger partial charge < -0.3 is 10.3 Å². The Morgan fingerprint density at radius 2 is 2.18 bits per heavy atom. The minimum atomic E-state index is -4.36. The highest BCUT2D eigenvalue weighted by molar-refractivity contribution is 5.18. The van der Waals surface area contributed by atoms with Crippen molar-refractivity contribution in [3.05, 3.63) is 17.2 Å². The highest BCUT2D eigenvalue weighted by atomic mass is 19.4. The number of hydrogen-bond acceptors (Lipinski definition) is 2. The summed E-state index contributed by atoms with van der Waals surface area (Å²) in [5.74, 6) is 0.438. The molecule has 1 aromatic rings. The molecule has 1 aromatic heterocycles. The summed E-state index contributed by atoms with van der Waals surface area (Å²) in [7, 11) is 0. The smallest absolute Gasteiger partial charge is 0.345 e. The van der Waals surface area contributed by atoms with Gasteiger partial charge in [0.1, 0.15) is 5.82 Å². The van der Waals surface area contributed by atoms with Gasteiger partial charge in [0.05, 0.1) is 0 Å². The lowest BCUT2D eigenvalue weighted by Crippen LogP contribution is -2.24. The predicted molar refractivity (Wildman–Crippen MR) is 57.7 cm³/mol. The third-order valence-corrected chi connectivity index (χ3v) is 3.05.